The molecule has 0 radical (unpaired) electrons. The third-order valence-electron chi connectivity index (χ3n) is 2.60. The van der Waals surface area contributed by atoms with Crippen LogP contribution in [-0.2, 0) is 4.79 Å². The summed E-state index contributed by atoms with van der Waals surface area (Å²) < 4.78 is 29.5. The van der Waals surface area contributed by atoms with Gasteiger partial charge in [-0.3, -0.25) is 4.79 Å². The highest BCUT2D eigenvalue weighted by Crippen LogP contribution is 2.37. The van der Waals surface area contributed by atoms with Crippen LogP contribution in [0.25, 0.3) is 0 Å². The number of hydrogen-bond acceptors (Lipinski definition) is 3. The third-order valence-corrected chi connectivity index (χ3v) is 3.40. The van der Waals surface area contributed by atoms with Gasteiger partial charge in [0.2, 0.25) is 5.91 Å². The lowest BCUT2D eigenvalue weighted by atomic mass is 10.1. The number of halogens is 4. The van der Waals surface area contributed by atoms with Crippen LogP contribution in [0.3, 0.4) is 0 Å². The number of nitrogens with two attached hydrogens (primary N) is 1. The van der Waals surface area contributed by atoms with Crippen molar-refractivity contribution >= 4 is 39.1 Å². The summed E-state index contributed by atoms with van der Waals surface area (Å²) in [5.41, 5.74) is 5.84. The van der Waals surface area contributed by atoms with E-state index in [2.05, 4.69) is 26.0 Å². The van der Waals surface area contributed by atoms with E-state index < -0.39 is 6.61 Å². The molecule has 8 heteroatoms. The number of rotatable bonds is 7. The zero-order valence-electron chi connectivity index (χ0n) is 11.3. The molecule has 0 spiro atoms. The number of carbonyl (C=O) groups is 1. The first kappa shape index (κ1) is 18.1. The van der Waals surface area contributed by atoms with Gasteiger partial charge in [0, 0.05) is 17.5 Å². The molecule has 3 N–H and O–H groups in total. The summed E-state index contributed by atoms with van der Waals surface area (Å²) in [6.45, 7) is -1.05. The molecule has 1 unspecified atom stereocenters. The van der Waals surface area contributed by atoms with Gasteiger partial charge in [-0.1, -0.05) is 24.9 Å². The molecule has 1 rings (SSSR count). The predicted molar refractivity (Wildman–Crippen MR) is 81.9 cm³/mol. The summed E-state index contributed by atoms with van der Waals surface area (Å²) in [7, 11) is 0. The van der Waals surface area contributed by atoms with E-state index in [4.69, 9.17) is 17.3 Å². The van der Waals surface area contributed by atoms with Crippen molar-refractivity contribution in [3.63, 3.8) is 0 Å². The largest absolute Gasteiger partial charge is 0.431 e. The topological polar surface area (TPSA) is 64.4 Å². The van der Waals surface area contributed by atoms with Crippen LogP contribution in [0.4, 0.5) is 14.5 Å². The van der Waals surface area contributed by atoms with Crippen molar-refractivity contribution in [1.82, 2.24) is 0 Å². The minimum atomic E-state index is -3.01. The molecule has 0 aliphatic heterocycles. The number of amides is 1. The highest BCUT2D eigenvalue weighted by molar-refractivity contribution is 9.10. The van der Waals surface area contributed by atoms with Crippen molar-refractivity contribution in [3.8, 4) is 5.75 Å². The fourth-order valence-corrected chi connectivity index (χ4v) is 2.68. The highest BCUT2D eigenvalue weighted by atomic mass is 79.9. The lowest BCUT2D eigenvalue weighted by Gasteiger charge is -2.15. The molecule has 0 saturated heterocycles. The van der Waals surface area contributed by atoms with Crippen LogP contribution in [0.15, 0.2) is 16.6 Å². The number of alkyl halides is 2. The molecule has 1 aromatic rings. The molecular weight excluding hydrogens is 370 g/mol. The molecule has 0 fully saturated rings. The summed E-state index contributed by atoms with van der Waals surface area (Å²) in [4.78, 5) is 11.9. The monoisotopic (exact) mass is 384 g/mol. The summed E-state index contributed by atoms with van der Waals surface area (Å²) in [5.74, 6) is -0.559. The van der Waals surface area contributed by atoms with Crippen LogP contribution >= 0.6 is 27.5 Å². The number of ether oxygens (including phenoxy) is 1. The van der Waals surface area contributed by atoms with Gasteiger partial charge >= 0.3 is 6.61 Å². The molecule has 21 heavy (non-hydrogen) atoms. The first-order chi connectivity index (χ1) is 9.83. The van der Waals surface area contributed by atoms with Crippen LogP contribution in [0.1, 0.15) is 26.2 Å². The summed E-state index contributed by atoms with van der Waals surface area (Å²) in [6, 6.07) is 2.46. The van der Waals surface area contributed by atoms with Gasteiger partial charge in [0.15, 0.2) is 5.75 Å². The van der Waals surface area contributed by atoms with Gasteiger partial charge in [-0.2, -0.15) is 8.78 Å². The maximum atomic E-state index is 12.4. The normalized spacial score (nSPS) is 12.3. The second kappa shape index (κ2) is 8.51. The van der Waals surface area contributed by atoms with E-state index in [9.17, 15) is 13.6 Å². The lowest BCUT2D eigenvalue weighted by molar-refractivity contribution is -0.116. The number of carbonyl (C=O) groups excluding carboxylic acids is 1. The molecule has 0 aliphatic carbocycles. The molecule has 4 nitrogen and oxygen atoms in total. The van der Waals surface area contributed by atoms with E-state index in [0.717, 1.165) is 6.42 Å². The van der Waals surface area contributed by atoms with Crippen molar-refractivity contribution < 1.29 is 18.3 Å². The second-order valence-electron chi connectivity index (χ2n) is 4.44. The molecule has 1 aromatic carbocycles. The van der Waals surface area contributed by atoms with Gasteiger partial charge in [-0.15, -0.1) is 0 Å². The second-order valence-corrected chi connectivity index (χ2v) is 5.73. The number of benzene rings is 1. The maximum Gasteiger partial charge on any atom is 0.387 e. The molecule has 118 valence electrons. The minimum absolute atomic E-state index is 0.0726. The van der Waals surface area contributed by atoms with Gasteiger partial charge in [0.1, 0.15) is 0 Å². The Bertz CT molecular complexity index is 503. The van der Waals surface area contributed by atoms with Crippen molar-refractivity contribution in [2.24, 2.45) is 5.73 Å². The van der Waals surface area contributed by atoms with Crippen molar-refractivity contribution in [3.05, 3.63) is 21.6 Å². The van der Waals surface area contributed by atoms with Crippen LogP contribution in [0.2, 0.25) is 5.02 Å². The Morgan fingerprint density at radius 3 is 2.76 bits per heavy atom. The molecule has 0 bridgehead atoms. The smallest absolute Gasteiger partial charge is 0.387 e. The Hall–Kier alpha value is -0.920. The fraction of sp³-hybridized carbons (Fsp3) is 0.462. The molecule has 0 saturated carbocycles. The number of hydrogen-bond donors (Lipinski definition) is 2. The third kappa shape index (κ3) is 6.15. The quantitative estimate of drug-likeness (QED) is 0.741. The molecule has 0 aliphatic rings. The SMILES string of the molecule is CCCC(N)CC(=O)Nc1cc(Cl)cc(Br)c1OC(F)F. The van der Waals surface area contributed by atoms with Gasteiger partial charge in [0.25, 0.3) is 0 Å². The van der Waals surface area contributed by atoms with Gasteiger partial charge < -0.3 is 15.8 Å². The summed E-state index contributed by atoms with van der Waals surface area (Å²) in [5, 5.41) is 2.77. The van der Waals surface area contributed by atoms with Gasteiger partial charge in [-0.05, 0) is 34.5 Å². The maximum absolute atomic E-state index is 12.4. The molecule has 1 amide bonds. The first-order valence-corrected chi connectivity index (χ1v) is 7.49. The zero-order valence-corrected chi connectivity index (χ0v) is 13.7. The Balaban J connectivity index is 2.88. The van der Waals surface area contributed by atoms with Crippen molar-refractivity contribution in [2.75, 3.05) is 5.32 Å². The summed E-state index contributed by atoms with van der Waals surface area (Å²) in [6.07, 6.45) is 1.65. The van der Waals surface area contributed by atoms with E-state index in [1.165, 1.54) is 12.1 Å². The first-order valence-electron chi connectivity index (χ1n) is 6.32. The predicted octanol–water partition coefficient (Wildman–Crippen LogP) is 4.16. The molecule has 1 atom stereocenters. The highest BCUT2D eigenvalue weighted by Gasteiger charge is 2.17. The average Bonchev–Trinajstić information content (AvgIpc) is 2.33. The van der Waals surface area contributed by atoms with Crippen LogP contribution in [0.5, 0.6) is 5.75 Å². The Morgan fingerprint density at radius 2 is 2.19 bits per heavy atom. The van der Waals surface area contributed by atoms with Crippen molar-refractivity contribution in [1.29, 1.82) is 0 Å². The van der Waals surface area contributed by atoms with Crippen LogP contribution in [0, 0.1) is 0 Å². The van der Waals surface area contributed by atoms with Gasteiger partial charge in [0.05, 0.1) is 10.2 Å². The van der Waals surface area contributed by atoms with Gasteiger partial charge in [-0.25, -0.2) is 0 Å². The molecule has 0 aromatic heterocycles. The number of anilines is 1. The lowest BCUT2D eigenvalue weighted by Crippen LogP contribution is -2.27. The van der Waals surface area contributed by atoms with Crippen LogP contribution < -0.4 is 15.8 Å². The van der Waals surface area contributed by atoms with E-state index in [1.54, 1.807) is 0 Å². The Kier molecular flexibility index (Phi) is 7.34. The Morgan fingerprint density at radius 1 is 1.52 bits per heavy atom. The van der Waals surface area contributed by atoms with E-state index >= 15 is 0 Å². The zero-order chi connectivity index (χ0) is 16.0. The molecule has 0 heterocycles. The average molecular weight is 386 g/mol. The van der Waals surface area contributed by atoms with Crippen molar-refractivity contribution in [2.45, 2.75) is 38.8 Å². The number of nitrogens with one attached hydrogen (secondary N) is 1. The Labute approximate surface area is 135 Å². The minimum Gasteiger partial charge on any atom is -0.431 e. The summed E-state index contributed by atoms with van der Waals surface area (Å²) >= 11 is 8.92. The van der Waals surface area contributed by atoms with E-state index in [-0.39, 0.29) is 39.3 Å². The van der Waals surface area contributed by atoms with Crippen LogP contribution in [-0.4, -0.2) is 18.6 Å². The standard InChI is InChI=1S/C13H16BrClF2N2O2/c1-2-3-8(18)6-11(20)19-10-5-7(15)4-9(14)12(10)21-13(16)17/h4-5,8,13H,2-3,6,18H2,1H3,(H,19,20). The fourth-order valence-electron chi connectivity index (χ4n) is 1.77. The van der Waals surface area contributed by atoms with E-state index in [0.29, 0.717) is 6.42 Å². The molecular formula is C13H16BrClF2N2O2. The van der Waals surface area contributed by atoms with E-state index in [1.807, 2.05) is 6.92 Å².